The Hall–Kier alpha value is -3.63. The van der Waals surface area contributed by atoms with E-state index in [0.29, 0.717) is 43.8 Å². The lowest BCUT2D eigenvalue weighted by Crippen LogP contribution is -2.22. The number of nitrogens with zero attached hydrogens (tertiary/aromatic N) is 2. The van der Waals surface area contributed by atoms with Gasteiger partial charge in [-0.2, -0.15) is 0 Å². The quantitative estimate of drug-likeness (QED) is 0.252. The van der Waals surface area contributed by atoms with Gasteiger partial charge in [0.1, 0.15) is 4.70 Å². The number of benzene rings is 2. The zero-order valence-electron chi connectivity index (χ0n) is 17.4. The summed E-state index contributed by atoms with van der Waals surface area (Å²) in [5, 5.41) is 4.99. The van der Waals surface area contributed by atoms with Crippen LogP contribution in [0.25, 0.3) is 15.9 Å². The van der Waals surface area contributed by atoms with E-state index in [1.807, 2.05) is 35.7 Å². The molecule has 0 saturated heterocycles. The molecule has 0 unspecified atom stereocenters. The van der Waals surface area contributed by atoms with Crippen molar-refractivity contribution in [2.75, 3.05) is 17.9 Å². The molecule has 2 aromatic carbocycles. The van der Waals surface area contributed by atoms with Crippen molar-refractivity contribution < 1.29 is 19.1 Å². The Morgan fingerprint density at radius 3 is 2.67 bits per heavy atom. The van der Waals surface area contributed by atoms with E-state index in [1.54, 1.807) is 18.2 Å². The van der Waals surface area contributed by atoms with E-state index >= 15 is 0 Å². The number of fused-ring (bicyclic) bond motifs is 2. The van der Waals surface area contributed by atoms with Crippen LogP contribution in [0.4, 0.5) is 5.69 Å². The molecule has 8 nitrogen and oxygen atoms in total. The summed E-state index contributed by atoms with van der Waals surface area (Å²) in [6, 6.07) is 14.1. The molecule has 0 fully saturated rings. The number of rotatable bonds is 6. The molecule has 0 saturated carbocycles. The molecular formula is C23H17N3O5S2. The van der Waals surface area contributed by atoms with Crippen molar-refractivity contribution in [2.24, 2.45) is 0 Å². The minimum absolute atomic E-state index is 0.0132. The van der Waals surface area contributed by atoms with Gasteiger partial charge in [-0.25, -0.2) is 4.98 Å². The monoisotopic (exact) mass is 479 g/mol. The lowest BCUT2D eigenvalue weighted by atomic mass is 10.1. The van der Waals surface area contributed by atoms with Crippen molar-refractivity contribution in [2.45, 2.75) is 12.1 Å². The smallest absolute Gasteiger partial charge is 0.276 e. The second kappa shape index (κ2) is 8.72. The van der Waals surface area contributed by atoms with Crippen molar-refractivity contribution in [1.82, 2.24) is 9.55 Å². The van der Waals surface area contributed by atoms with Gasteiger partial charge in [0.25, 0.3) is 5.56 Å². The molecule has 33 heavy (non-hydrogen) atoms. The first kappa shape index (κ1) is 21.2. The fourth-order valence-electron chi connectivity index (χ4n) is 3.45. The van der Waals surface area contributed by atoms with Crippen LogP contribution in [-0.2, 0) is 4.79 Å². The zero-order valence-corrected chi connectivity index (χ0v) is 19.0. The molecule has 2 aromatic heterocycles. The minimum atomic E-state index is -0.347. The molecule has 0 aliphatic carbocycles. The standard InChI is InChI=1S/C23H17N3O5S2/c1-13(27)15-9-18-19(31-12-30-18)10-17(15)24-20(28)11-33-23-25-16-7-8-32-21(16)22(29)26(23)14-5-3-2-4-6-14/h2-10H,11-12H2,1H3,(H,24,28). The van der Waals surface area contributed by atoms with E-state index in [9.17, 15) is 14.4 Å². The zero-order chi connectivity index (χ0) is 22.9. The highest BCUT2D eigenvalue weighted by Gasteiger charge is 2.21. The highest BCUT2D eigenvalue weighted by atomic mass is 32.2. The maximum Gasteiger partial charge on any atom is 0.276 e. The van der Waals surface area contributed by atoms with Gasteiger partial charge in [0.05, 0.1) is 22.6 Å². The van der Waals surface area contributed by atoms with Crippen LogP contribution in [0.3, 0.4) is 0 Å². The van der Waals surface area contributed by atoms with Crippen molar-refractivity contribution >= 4 is 50.7 Å². The summed E-state index contributed by atoms with van der Waals surface area (Å²) < 4.78 is 12.7. The number of carbonyl (C=O) groups is 2. The number of thiophene rings is 1. The number of nitrogens with one attached hydrogen (secondary N) is 1. The largest absolute Gasteiger partial charge is 0.454 e. The first-order valence-electron chi connectivity index (χ1n) is 9.94. The molecule has 0 spiro atoms. The number of anilines is 1. The van der Waals surface area contributed by atoms with Crippen LogP contribution in [-0.4, -0.2) is 33.8 Å². The van der Waals surface area contributed by atoms with Crippen molar-refractivity contribution in [3.63, 3.8) is 0 Å². The van der Waals surface area contributed by atoms with Gasteiger partial charge in [0.15, 0.2) is 22.4 Å². The molecule has 3 heterocycles. The van der Waals surface area contributed by atoms with E-state index in [1.165, 1.54) is 22.8 Å². The maximum absolute atomic E-state index is 13.1. The Balaban J connectivity index is 1.42. The van der Waals surface area contributed by atoms with E-state index in [4.69, 9.17) is 9.47 Å². The number of hydrogen-bond acceptors (Lipinski definition) is 8. The number of ketones is 1. The van der Waals surface area contributed by atoms with Gasteiger partial charge in [0.2, 0.25) is 12.7 Å². The molecule has 10 heteroatoms. The summed E-state index contributed by atoms with van der Waals surface area (Å²) in [6.45, 7) is 1.48. The Morgan fingerprint density at radius 1 is 1.15 bits per heavy atom. The number of ether oxygens (including phenoxy) is 2. The molecule has 0 radical (unpaired) electrons. The third-order valence-corrected chi connectivity index (χ3v) is 6.79. The Morgan fingerprint density at radius 2 is 1.91 bits per heavy atom. The third-order valence-electron chi connectivity index (χ3n) is 4.96. The average molecular weight is 480 g/mol. The predicted octanol–water partition coefficient (Wildman–Crippen LogP) is 4.11. The second-order valence-corrected chi connectivity index (χ2v) is 9.01. The highest BCUT2D eigenvalue weighted by Crippen LogP contribution is 2.37. The molecule has 166 valence electrons. The Bertz CT molecular complexity index is 1450. The van der Waals surface area contributed by atoms with Gasteiger partial charge in [-0.1, -0.05) is 30.0 Å². The Labute approximate surface area is 196 Å². The number of aromatic nitrogens is 2. The highest BCUT2D eigenvalue weighted by molar-refractivity contribution is 7.99. The van der Waals surface area contributed by atoms with Crippen LogP contribution in [0.2, 0.25) is 0 Å². The van der Waals surface area contributed by atoms with Crippen LogP contribution < -0.4 is 20.3 Å². The molecule has 1 amide bonds. The third kappa shape index (κ3) is 4.10. The average Bonchev–Trinajstić information content (AvgIpc) is 3.47. The van der Waals surface area contributed by atoms with Crippen LogP contribution in [0.15, 0.2) is 63.9 Å². The molecule has 5 rings (SSSR count). The second-order valence-electron chi connectivity index (χ2n) is 7.15. The summed E-state index contributed by atoms with van der Waals surface area (Å²) in [5.41, 5.74) is 1.76. The van der Waals surface area contributed by atoms with Crippen LogP contribution in [0.1, 0.15) is 17.3 Å². The van der Waals surface area contributed by atoms with Crippen LogP contribution in [0, 0.1) is 0 Å². The van der Waals surface area contributed by atoms with Gasteiger partial charge in [-0.05, 0) is 36.6 Å². The first-order valence-corrected chi connectivity index (χ1v) is 11.8. The van der Waals surface area contributed by atoms with Gasteiger partial charge < -0.3 is 14.8 Å². The maximum atomic E-state index is 13.1. The fraction of sp³-hybridized carbons (Fsp3) is 0.130. The molecule has 0 atom stereocenters. The van der Waals surface area contributed by atoms with Crippen molar-refractivity contribution in [1.29, 1.82) is 0 Å². The molecule has 1 aliphatic heterocycles. The normalized spacial score (nSPS) is 12.2. The Kier molecular flexibility index (Phi) is 5.61. The predicted molar refractivity (Wildman–Crippen MR) is 127 cm³/mol. The van der Waals surface area contributed by atoms with Crippen molar-refractivity contribution in [3.8, 4) is 17.2 Å². The lowest BCUT2D eigenvalue weighted by molar-refractivity contribution is -0.113. The molecule has 1 N–H and O–H groups in total. The summed E-state index contributed by atoms with van der Waals surface area (Å²) in [6.07, 6.45) is 0. The van der Waals surface area contributed by atoms with Crippen LogP contribution >= 0.6 is 23.1 Å². The molecule has 1 aliphatic rings. The summed E-state index contributed by atoms with van der Waals surface area (Å²) in [5.74, 6) is 0.360. The molecular weight excluding hydrogens is 462 g/mol. The van der Waals surface area contributed by atoms with Gasteiger partial charge >= 0.3 is 0 Å². The number of carbonyl (C=O) groups excluding carboxylic acids is 2. The van der Waals surface area contributed by atoms with E-state index < -0.39 is 0 Å². The lowest BCUT2D eigenvalue weighted by Gasteiger charge is -2.13. The molecule has 4 aromatic rings. The number of hydrogen-bond donors (Lipinski definition) is 1. The van der Waals surface area contributed by atoms with Gasteiger partial charge in [-0.15, -0.1) is 11.3 Å². The van der Waals surface area contributed by atoms with Gasteiger partial charge in [-0.3, -0.25) is 19.0 Å². The minimum Gasteiger partial charge on any atom is -0.454 e. The number of thioether (sulfide) groups is 1. The summed E-state index contributed by atoms with van der Waals surface area (Å²) in [7, 11) is 0. The van der Waals surface area contributed by atoms with E-state index in [-0.39, 0.29) is 29.8 Å². The first-order chi connectivity index (χ1) is 16.0. The summed E-state index contributed by atoms with van der Waals surface area (Å²) >= 11 is 2.48. The number of para-hydroxylation sites is 1. The fourth-order valence-corrected chi connectivity index (χ4v) is 5.02. The van der Waals surface area contributed by atoms with Crippen LogP contribution in [0.5, 0.6) is 11.5 Å². The van der Waals surface area contributed by atoms with Crippen molar-refractivity contribution in [3.05, 3.63) is 69.8 Å². The van der Waals surface area contributed by atoms with Gasteiger partial charge in [0, 0.05) is 11.6 Å². The van der Waals surface area contributed by atoms with E-state index in [2.05, 4.69) is 10.3 Å². The summed E-state index contributed by atoms with van der Waals surface area (Å²) in [4.78, 5) is 42.6. The van der Waals surface area contributed by atoms with E-state index in [0.717, 1.165) is 11.8 Å². The SMILES string of the molecule is CC(=O)c1cc2c(cc1NC(=O)CSc1nc3ccsc3c(=O)n1-c1ccccc1)OCO2. The number of Topliss-reactive ketones (excluding diaryl/α,β-unsaturated/α-hetero) is 1. The number of amides is 1. The molecule has 0 bridgehead atoms. The topological polar surface area (TPSA) is 99.5 Å².